The molecule has 0 spiro atoms. The van der Waals surface area contributed by atoms with Crippen molar-refractivity contribution in [2.24, 2.45) is 23.7 Å². The molecule has 4 unspecified atom stereocenters. The summed E-state index contributed by atoms with van der Waals surface area (Å²) in [5.74, 6) is 4.43. The van der Waals surface area contributed by atoms with E-state index in [1.165, 1.54) is 135 Å². The van der Waals surface area contributed by atoms with E-state index in [1.54, 1.807) is 44.9 Å². The van der Waals surface area contributed by atoms with Gasteiger partial charge in [-0.1, -0.05) is 168 Å². The predicted molar refractivity (Wildman–Crippen MR) is 155 cm³/mol. The summed E-state index contributed by atoms with van der Waals surface area (Å²) in [5.41, 5.74) is 0. The van der Waals surface area contributed by atoms with Crippen molar-refractivity contribution >= 4 is 0 Å². The highest BCUT2D eigenvalue weighted by Crippen LogP contribution is 2.49. The predicted octanol–water partition coefficient (Wildman–Crippen LogP) is 12.4. The summed E-state index contributed by atoms with van der Waals surface area (Å²) >= 11 is 0. The second kappa shape index (κ2) is 21.1. The smallest absolute Gasteiger partial charge is 0.0355 e. The molecular formula is C34H66. The van der Waals surface area contributed by atoms with Gasteiger partial charge in [-0.2, -0.15) is 0 Å². The third-order valence-electron chi connectivity index (χ3n) is 9.85. The first-order valence-electron chi connectivity index (χ1n) is 16.9. The Bertz CT molecular complexity index is 426. The van der Waals surface area contributed by atoms with Gasteiger partial charge in [0.1, 0.15) is 0 Å². The van der Waals surface area contributed by atoms with Gasteiger partial charge in [0, 0.05) is 0 Å². The summed E-state index contributed by atoms with van der Waals surface area (Å²) in [5, 5.41) is 0. The molecule has 2 aliphatic carbocycles. The lowest BCUT2D eigenvalue weighted by Gasteiger charge is -2.46. The van der Waals surface area contributed by atoms with Crippen molar-refractivity contribution in [2.75, 3.05) is 0 Å². The monoisotopic (exact) mass is 475 g/mol. The van der Waals surface area contributed by atoms with Crippen molar-refractivity contribution < 1.29 is 0 Å². The lowest BCUT2D eigenvalue weighted by Crippen LogP contribution is -2.36. The standard InChI is InChI=1S/C34H66/c1-3-5-7-9-11-13-15-17-19-21-25-31-29-30-32-26-23-24-28-34(32)33(31)27-22-20-18-16-14-12-10-8-6-4-2/h31-34H,3-30H2,1-2H3. The Morgan fingerprint density at radius 2 is 0.853 bits per heavy atom. The number of unbranched alkanes of at least 4 members (excludes halogenated alkanes) is 18. The van der Waals surface area contributed by atoms with E-state index in [9.17, 15) is 0 Å². The highest BCUT2D eigenvalue weighted by atomic mass is 14.4. The van der Waals surface area contributed by atoms with Gasteiger partial charge in [0.05, 0.1) is 0 Å². The van der Waals surface area contributed by atoms with Crippen molar-refractivity contribution in [3.8, 4) is 0 Å². The van der Waals surface area contributed by atoms with Crippen molar-refractivity contribution in [1.29, 1.82) is 0 Å². The fraction of sp³-hybridized carbons (Fsp3) is 1.00. The molecule has 202 valence electrons. The molecule has 0 heterocycles. The first-order valence-corrected chi connectivity index (χ1v) is 16.9. The first kappa shape index (κ1) is 30.2. The molecule has 0 N–H and O–H groups in total. The Hall–Kier alpha value is 0. The molecule has 0 amide bonds. The van der Waals surface area contributed by atoms with Crippen LogP contribution in [0.3, 0.4) is 0 Å². The van der Waals surface area contributed by atoms with Crippen molar-refractivity contribution in [3.63, 3.8) is 0 Å². The summed E-state index contributed by atoms with van der Waals surface area (Å²) in [4.78, 5) is 0. The molecule has 2 saturated carbocycles. The fourth-order valence-electron chi connectivity index (χ4n) is 7.72. The summed E-state index contributed by atoms with van der Waals surface area (Å²) in [7, 11) is 0. The van der Waals surface area contributed by atoms with Crippen LogP contribution in [0.25, 0.3) is 0 Å². The van der Waals surface area contributed by atoms with Crippen LogP contribution in [0.1, 0.15) is 194 Å². The second-order valence-electron chi connectivity index (χ2n) is 12.7. The quantitative estimate of drug-likeness (QED) is 0.137. The molecule has 0 aromatic carbocycles. The Morgan fingerprint density at radius 1 is 0.412 bits per heavy atom. The minimum Gasteiger partial charge on any atom is -0.0654 e. The summed E-state index contributed by atoms with van der Waals surface area (Å²) in [6.07, 6.45) is 42.3. The highest BCUT2D eigenvalue weighted by Gasteiger charge is 2.39. The van der Waals surface area contributed by atoms with Gasteiger partial charge in [-0.05, 0) is 49.4 Å². The van der Waals surface area contributed by atoms with Crippen LogP contribution in [0, 0.1) is 23.7 Å². The molecule has 4 atom stereocenters. The van der Waals surface area contributed by atoms with Gasteiger partial charge in [0.2, 0.25) is 0 Å². The number of hydrogen-bond acceptors (Lipinski definition) is 0. The molecule has 34 heavy (non-hydrogen) atoms. The van der Waals surface area contributed by atoms with Crippen LogP contribution in [-0.4, -0.2) is 0 Å². The van der Waals surface area contributed by atoms with E-state index in [2.05, 4.69) is 13.8 Å². The average Bonchev–Trinajstić information content (AvgIpc) is 2.87. The Kier molecular flexibility index (Phi) is 18.8. The average molecular weight is 475 g/mol. The number of hydrogen-bond donors (Lipinski definition) is 0. The fourth-order valence-corrected chi connectivity index (χ4v) is 7.72. The SMILES string of the molecule is CCCCCCCCCCCCC1CCC2CCCCC2C1CCCCCCCCCCCC. The molecule has 2 aliphatic rings. The van der Waals surface area contributed by atoms with Crippen LogP contribution >= 0.6 is 0 Å². The van der Waals surface area contributed by atoms with Crippen LogP contribution in [-0.2, 0) is 0 Å². The van der Waals surface area contributed by atoms with Gasteiger partial charge in [-0.15, -0.1) is 0 Å². The minimum absolute atomic E-state index is 1.09. The maximum Gasteiger partial charge on any atom is -0.0355 e. The molecule has 2 fully saturated rings. The molecule has 0 saturated heterocycles. The third-order valence-corrected chi connectivity index (χ3v) is 9.85. The van der Waals surface area contributed by atoms with Crippen LogP contribution < -0.4 is 0 Å². The molecule has 0 radical (unpaired) electrons. The number of fused-ring (bicyclic) bond motifs is 1. The van der Waals surface area contributed by atoms with E-state index in [-0.39, 0.29) is 0 Å². The zero-order valence-corrected chi connectivity index (χ0v) is 24.1. The van der Waals surface area contributed by atoms with E-state index in [4.69, 9.17) is 0 Å². The summed E-state index contributed by atoms with van der Waals surface area (Å²) in [6.45, 7) is 4.65. The minimum atomic E-state index is 1.09. The molecule has 0 nitrogen and oxygen atoms in total. The van der Waals surface area contributed by atoms with Crippen LogP contribution in [0.15, 0.2) is 0 Å². The molecule has 0 aliphatic heterocycles. The van der Waals surface area contributed by atoms with Crippen LogP contribution in [0.5, 0.6) is 0 Å². The Morgan fingerprint density at radius 3 is 1.38 bits per heavy atom. The van der Waals surface area contributed by atoms with Gasteiger partial charge in [0.25, 0.3) is 0 Å². The highest BCUT2D eigenvalue weighted by molar-refractivity contribution is 4.89. The van der Waals surface area contributed by atoms with Gasteiger partial charge >= 0.3 is 0 Å². The molecular weight excluding hydrogens is 408 g/mol. The number of rotatable bonds is 22. The first-order chi connectivity index (χ1) is 16.9. The normalized spacial score (nSPS) is 24.9. The lowest BCUT2D eigenvalue weighted by atomic mass is 9.59. The van der Waals surface area contributed by atoms with Gasteiger partial charge in [-0.25, -0.2) is 0 Å². The van der Waals surface area contributed by atoms with Crippen molar-refractivity contribution in [3.05, 3.63) is 0 Å². The lowest BCUT2D eigenvalue weighted by molar-refractivity contribution is 0.0421. The Labute approximate surface area is 217 Å². The zero-order valence-electron chi connectivity index (χ0n) is 24.1. The topological polar surface area (TPSA) is 0 Å². The van der Waals surface area contributed by atoms with Gasteiger partial charge in [-0.3, -0.25) is 0 Å². The zero-order chi connectivity index (χ0) is 24.1. The van der Waals surface area contributed by atoms with E-state index in [0.717, 1.165) is 23.7 Å². The molecule has 0 aromatic rings. The maximum absolute atomic E-state index is 2.32. The summed E-state index contributed by atoms with van der Waals surface area (Å²) in [6, 6.07) is 0. The largest absolute Gasteiger partial charge is 0.0654 e. The van der Waals surface area contributed by atoms with Crippen molar-refractivity contribution in [1.82, 2.24) is 0 Å². The van der Waals surface area contributed by atoms with E-state index < -0.39 is 0 Å². The molecule has 0 bridgehead atoms. The molecule has 0 aromatic heterocycles. The van der Waals surface area contributed by atoms with E-state index in [1.807, 2.05) is 0 Å². The maximum atomic E-state index is 2.32. The van der Waals surface area contributed by atoms with E-state index >= 15 is 0 Å². The summed E-state index contributed by atoms with van der Waals surface area (Å²) < 4.78 is 0. The second-order valence-corrected chi connectivity index (χ2v) is 12.7. The van der Waals surface area contributed by atoms with Crippen LogP contribution in [0.4, 0.5) is 0 Å². The van der Waals surface area contributed by atoms with Crippen molar-refractivity contribution in [2.45, 2.75) is 194 Å². The molecule has 2 rings (SSSR count). The Balaban J connectivity index is 1.58. The third kappa shape index (κ3) is 13.3. The van der Waals surface area contributed by atoms with Crippen LogP contribution in [0.2, 0.25) is 0 Å². The van der Waals surface area contributed by atoms with E-state index in [0.29, 0.717) is 0 Å². The van der Waals surface area contributed by atoms with Gasteiger partial charge < -0.3 is 0 Å². The molecule has 0 heteroatoms. The van der Waals surface area contributed by atoms with Gasteiger partial charge in [0.15, 0.2) is 0 Å².